The average molecular weight is 343 g/mol. The van der Waals surface area contributed by atoms with E-state index in [1.54, 1.807) is 17.0 Å². The summed E-state index contributed by atoms with van der Waals surface area (Å²) in [5, 5.41) is 0. The Hall–Kier alpha value is -2.34. The van der Waals surface area contributed by atoms with Crippen LogP contribution in [0, 0.1) is 5.92 Å². The lowest BCUT2D eigenvalue weighted by atomic mass is 10.0. The van der Waals surface area contributed by atoms with E-state index >= 15 is 0 Å². The smallest absolute Gasteiger partial charge is 0.227 e. The van der Waals surface area contributed by atoms with Gasteiger partial charge in [-0.3, -0.25) is 4.79 Å². The van der Waals surface area contributed by atoms with E-state index in [0.717, 1.165) is 11.4 Å². The third-order valence-corrected chi connectivity index (χ3v) is 6.35. The van der Waals surface area contributed by atoms with Crippen LogP contribution in [0.4, 0.5) is 5.69 Å². The van der Waals surface area contributed by atoms with Crippen LogP contribution in [0.5, 0.6) is 11.5 Å². The highest BCUT2D eigenvalue weighted by Gasteiger charge is 2.49. The molecule has 6 heteroatoms. The van der Waals surface area contributed by atoms with Crippen LogP contribution in [0.3, 0.4) is 0 Å². The number of nitrogens with zero attached hydrogens (tertiary/aromatic N) is 1. The van der Waals surface area contributed by atoms with Crippen LogP contribution < -0.4 is 9.64 Å². The number of anilines is 1. The van der Waals surface area contributed by atoms with Crippen molar-refractivity contribution in [2.24, 2.45) is 5.92 Å². The normalized spacial score (nSPS) is 24.8. The molecule has 0 N–H and O–H groups in total. The number of amides is 1. The first-order chi connectivity index (χ1) is 11.5. The van der Waals surface area contributed by atoms with Gasteiger partial charge in [0.15, 0.2) is 9.84 Å². The molecule has 2 aromatic rings. The number of sulfone groups is 1. The highest BCUT2D eigenvalue weighted by molar-refractivity contribution is 7.91. The van der Waals surface area contributed by atoms with Gasteiger partial charge < -0.3 is 9.64 Å². The van der Waals surface area contributed by atoms with E-state index in [2.05, 4.69) is 0 Å². The molecule has 0 saturated carbocycles. The zero-order valence-electron chi connectivity index (χ0n) is 13.0. The first-order valence-electron chi connectivity index (χ1n) is 7.87. The molecule has 2 atom stereocenters. The van der Waals surface area contributed by atoms with Gasteiger partial charge in [-0.25, -0.2) is 8.42 Å². The van der Waals surface area contributed by atoms with E-state index in [1.165, 1.54) is 0 Å². The minimum absolute atomic E-state index is 0.00312. The topological polar surface area (TPSA) is 63.7 Å². The predicted octanol–water partition coefficient (Wildman–Crippen LogP) is 2.63. The van der Waals surface area contributed by atoms with Crippen molar-refractivity contribution in [2.45, 2.75) is 12.5 Å². The van der Waals surface area contributed by atoms with E-state index in [-0.39, 0.29) is 29.4 Å². The number of hydrogen-bond donors (Lipinski definition) is 0. The van der Waals surface area contributed by atoms with Gasteiger partial charge in [-0.05, 0) is 36.4 Å². The molecular formula is C18H17NO4S. The first kappa shape index (κ1) is 15.2. The molecule has 0 aliphatic carbocycles. The average Bonchev–Trinajstić information content (AvgIpc) is 2.99. The lowest BCUT2D eigenvalue weighted by molar-refractivity contribution is -0.117. The molecule has 0 unspecified atom stereocenters. The Balaban J connectivity index is 1.55. The number of rotatable bonds is 3. The van der Waals surface area contributed by atoms with Crippen molar-refractivity contribution in [1.29, 1.82) is 0 Å². The van der Waals surface area contributed by atoms with E-state index in [0.29, 0.717) is 12.2 Å². The molecule has 24 heavy (non-hydrogen) atoms. The number of hydrogen-bond acceptors (Lipinski definition) is 4. The molecule has 2 fully saturated rings. The summed E-state index contributed by atoms with van der Waals surface area (Å²) >= 11 is 0. The summed E-state index contributed by atoms with van der Waals surface area (Å²) in [6.07, 6.45) is 0.312. The predicted molar refractivity (Wildman–Crippen MR) is 91.0 cm³/mol. The fourth-order valence-corrected chi connectivity index (χ4v) is 5.59. The molecule has 4 rings (SSSR count). The number of carbonyl (C=O) groups is 1. The lowest BCUT2D eigenvalue weighted by Gasteiger charge is -2.23. The molecule has 1 amide bonds. The molecule has 2 aromatic carbocycles. The second-order valence-electron chi connectivity index (χ2n) is 6.28. The molecule has 5 nitrogen and oxygen atoms in total. The van der Waals surface area contributed by atoms with Crippen LogP contribution in [0.15, 0.2) is 54.6 Å². The number of ether oxygens (including phenoxy) is 1. The molecule has 0 bridgehead atoms. The van der Waals surface area contributed by atoms with Gasteiger partial charge in [0, 0.05) is 18.0 Å². The third kappa shape index (κ3) is 2.78. The third-order valence-electron chi connectivity index (χ3n) is 4.57. The van der Waals surface area contributed by atoms with Crippen LogP contribution in [-0.2, 0) is 14.6 Å². The zero-order valence-corrected chi connectivity index (χ0v) is 13.8. The Labute approximate surface area is 140 Å². The molecular weight excluding hydrogens is 326 g/mol. The second-order valence-corrected chi connectivity index (χ2v) is 8.44. The van der Waals surface area contributed by atoms with Gasteiger partial charge in [-0.1, -0.05) is 18.2 Å². The molecule has 2 aliphatic rings. The number of benzene rings is 2. The van der Waals surface area contributed by atoms with Gasteiger partial charge >= 0.3 is 0 Å². The Morgan fingerprint density at radius 1 is 0.917 bits per heavy atom. The Morgan fingerprint density at radius 3 is 2.29 bits per heavy atom. The minimum atomic E-state index is -3.04. The van der Waals surface area contributed by atoms with Crippen molar-refractivity contribution in [3.8, 4) is 11.5 Å². The fourth-order valence-electron chi connectivity index (χ4n) is 3.52. The summed E-state index contributed by atoms with van der Waals surface area (Å²) in [4.78, 5) is 13.9. The zero-order chi connectivity index (χ0) is 16.7. The van der Waals surface area contributed by atoms with Crippen molar-refractivity contribution in [2.75, 3.05) is 16.4 Å². The monoisotopic (exact) mass is 343 g/mol. The number of fused-ring (bicyclic) bond motifs is 1. The molecule has 0 aromatic heterocycles. The van der Waals surface area contributed by atoms with Crippen LogP contribution in [-0.4, -0.2) is 31.9 Å². The summed E-state index contributed by atoms with van der Waals surface area (Å²) in [6, 6.07) is 16.4. The minimum Gasteiger partial charge on any atom is -0.457 e. The quantitative estimate of drug-likeness (QED) is 0.859. The Kier molecular flexibility index (Phi) is 3.57. The summed E-state index contributed by atoms with van der Waals surface area (Å²) in [7, 11) is -3.04. The van der Waals surface area contributed by atoms with Gasteiger partial charge in [0.2, 0.25) is 5.91 Å². The fraction of sp³-hybridized carbons (Fsp3) is 0.278. The van der Waals surface area contributed by atoms with E-state index in [1.807, 2.05) is 42.5 Å². The van der Waals surface area contributed by atoms with Crippen molar-refractivity contribution >= 4 is 21.4 Å². The SMILES string of the molecule is O=C1C[C@@H]2CS(=O)(=O)C[C@@H]2N1c1ccc(Oc2ccccc2)cc1. The Morgan fingerprint density at radius 2 is 1.58 bits per heavy atom. The van der Waals surface area contributed by atoms with E-state index in [9.17, 15) is 13.2 Å². The maximum Gasteiger partial charge on any atom is 0.227 e. The molecule has 124 valence electrons. The highest BCUT2D eigenvalue weighted by Crippen LogP contribution is 2.37. The van der Waals surface area contributed by atoms with E-state index < -0.39 is 9.84 Å². The highest BCUT2D eigenvalue weighted by atomic mass is 32.2. The van der Waals surface area contributed by atoms with Crippen molar-refractivity contribution in [1.82, 2.24) is 0 Å². The molecule has 0 radical (unpaired) electrons. The van der Waals surface area contributed by atoms with Crippen LogP contribution in [0.25, 0.3) is 0 Å². The molecule has 0 spiro atoms. The first-order valence-corrected chi connectivity index (χ1v) is 9.69. The summed E-state index contributed by atoms with van der Waals surface area (Å²) < 4.78 is 29.4. The van der Waals surface area contributed by atoms with E-state index in [4.69, 9.17) is 4.74 Å². The summed E-state index contributed by atoms with van der Waals surface area (Å²) in [5.41, 5.74) is 0.727. The number of para-hydroxylation sites is 1. The van der Waals surface area contributed by atoms with Gasteiger partial charge in [-0.2, -0.15) is 0 Å². The largest absolute Gasteiger partial charge is 0.457 e. The maximum absolute atomic E-state index is 12.3. The standard InChI is InChI=1S/C18H17NO4S/c20-18-10-13-11-24(21,22)12-17(13)19(18)14-6-8-16(9-7-14)23-15-4-2-1-3-5-15/h1-9,13,17H,10-12H2/t13-,17+/m1/s1. The molecule has 2 saturated heterocycles. The van der Waals surface area contributed by atoms with Crippen molar-refractivity contribution in [3.63, 3.8) is 0 Å². The van der Waals surface area contributed by atoms with Crippen LogP contribution in [0.2, 0.25) is 0 Å². The number of carbonyl (C=O) groups excluding carboxylic acids is 1. The van der Waals surface area contributed by atoms with Crippen molar-refractivity contribution < 1.29 is 17.9 Å². The van der Waals surface area contributed by atoms with Crippen LogP contribution >= 0.6 is 0 Å². The summed E-state index contributed by atoms with van der Waals surface area (Å²) in [5.74, 6) is 1.51. The van der Waals surface area contributed by atoms with Gasteiger partial charge in [0.05, 0.1) is 17.5 Å². The maximum atomic E-state index is 12.3. The molecule has 2 heterocycles. The Bertz CT molecular complexity index is 862. The summed E-state index contributed by atoms with van der Waals surface area (Å²) in [6.45, 7) is 0. The van der Waals surface area contributed by atoms with Gasteiger partial charge in [0.25, 0.3) is 0 Å². The lowest BCUT2D eigenvalue weighted by Crippen LogP contribution is -2.36. The molecule has 2 aliphatic heterocycles. The van der Waals surface area contributed by atoms with Crippen molar-refractivity contribution in [3.05, 3.63) is 54.6 Å². The van der Waals surface area contributed by atoms with Gasteiger partial charge in [-0.15, -0.1) is 0 Å². The van der Waals surface area contributed by atoms with Crippen LogP contribution in [0.1, 0.15) is 6.42 Å². The van der Waals surface area contributed by atoms with Gasteiger partial charge in [0.1, 0.15) is 11.5 Å². The second kappa shape index (κ2) is 5.63.